The van der Waals surface area contributed by atoms with Crippen LogP contribution in [-0.2, 0) is 0 Å². The summed E-state index contributed by atoms with van der Waals surface area (Å²) in [4.78, 5) is 12.3. The summed E-state index contributed by atoms with van der Waals surface area (Å²) >= 11 is 0. The van der Waals surface area contributed by atoms with Gasteiger partial charge in [0.1, 0.15) is 34.0 Å². The largest absolute Gasteiger partial charge is 0.508 e. The fourth-order valence-corrected chi connectivity index (χ4v) is 2.17. The molecule has 0 fully saturated rings. The second-order valence-corrected chi connectivity index (χ2v) is 4.54. The Hall–Kier alpha value is -2.95. The minimum atomic E-state index is -0.267. The van der Waals surface area contributed by atoms with Crippen molar-refractivity contribution in [2.45, 2.75) is 0 Å². The number of methoxy groups -OCH3 is 1. The molecule has 0 saturated heterocycles. The topological polar surface area (TPSA) is 79.9 Å². The number of aromatic hydroxyl groups is 2. The fraction of sp³-hybridized carbons (Fsp3) is 0.0625. The number of fused-ring (bicyclic) bond motifs is 1. The summed E-state index contributed by atoms with van der Waals surface area (Å²) < 4.78 is 10.8. The van der Waals surface area contributed by atoms with Crippen LogP contribution in [0.1, 0.15) is 0 Å². The van der Waals surface area contributed by atoms with Gasteiger partial charge in [-0.25, -0.2) is 0 Å². The van der Waals surface area contributed by atoms with Crippen LogP contribution in [0.15, 0.2) is 51.7 Å². The molecule has 0 bridgehead atoms. The number of benzene rings is 2. The molecule has 5 heteroatoms. The molecule has 2 aromatic carbocycles. The lowest BCUT2D eigenvalue weighted by Gasteiger charge is -2.07. The summed E-state index contributed by atoms with van der Waals surface area (Å²) in [5.41, 5.74) is 0.618. The highest BCUT2D eigenvalue weighted by molar-refractivity contribution is 5.86. The van der Waals surface area contributed by atoms with Crippen molar-refractivity contribution >= 4 is 11.0 Å². The maximum absolute atomic E-state index is 12.3. The first-order valence-corrected chi connectivity index (χ1v) is 6.23. The zero-order valence-electron chi connectivity index (χ0n) is 11.2. The van der Waals surface area contributed by atoms with E-state index in [-0.39, 0.29) is 33.6 Å². The van der Waals surface area contributed by atoms with Crippen LogP contribution in [0.4, 0.5) is 0 Å². The summed E-state index contributed by atoms with van der Waals surface area (Å²) in [7, 11) is 1.42. The predicted octanol–water partition coefficient (Wildman–Crippen LogP) is 2.88. The molecule has 1 aromatic heterocycles. The third-order valence-electron chi connectivity index (χ3n) is 3.15. The minimum Gasteiger partial charge on any atom is -0.508 e. The molecule has 0 amide bonds. The van der Waals surface area contributed by atoms with Crippen LogP contribution in [-0.4, -0.2) is 17.3 Å². The first-order valence-electron chi connectivity index (χ1n) is 6.23. The lowest BCUT2D eigenvalue weighted by atomic mass is 10.1. The molecule has 21 heavy (non-hydrogen) atoms. The van der Waals surface area contributed by atoms with Crippen LogP contribution in [0.25, 0.3) is 22.3 Å². The summed E-state index contributed by atoms with van der Waals surface area (Å²) in [6.45, 7) is 0. The lowest BCUT2D eigenvalue weighted by molar-refractivity contribution is 0.411. The van der Waals surface area contributed by atoms with Gasteiger partial charge in [-0.3, -0.25) is 4.79 Å². The van der Waals surface area contributed by atoms with Crippen molar-refractivity contribution in [3.05, 3.63) is 52.7 Å². The van der Waals surface area contributed by atoms with Gasteiger partial charge in [-0.1, -0.05) is 0 Å². The van der Waals surface area contributed by atoms with E-state index in [1.807, 2.05) is 0 Å². The molecule has 0 radical (unpaired) electrons. The van der Waals surface area contributed by atoms with E-state index in [0.717, 1.165) is 0 Å². The maximum atomic E-state index is 12.3. The van der Waals surface area contributed by atoms with Crippen molar-refractivity contribution in [1.29, 1.82) is 0 Å². The Morgan fingerprint density at radius 2 is 1.71 bits per heavy atom. The SMILES string of the molecule is COc1cc(O)cc2oc(-c3ccc(O)cc3)cc(=O)c12. The van der Waals surface area contributed by atoms with Crippen molar-refractivity contribution in [3.8, 4) is 28.6 Å². The zero-order valence-corrected chi connectivity index (χ0v) is 11.2. The average Bonchev–Trinajstić information content (AvgIpc) is 2.46. The maximum Gasteiger partial charge on any atom is 0.197 e. The quantitative estimate of drug-likeness (QED) is 0.756. The second-order valence-electron chi connectivity index (χ2n) is 4.54. The van der Waals surface area contributed by atoms with E-state index >= 15 is 0 Å². The highest BCUT2D eigenvalue weighted by Crippen LogP contribution is 2.31. The van der Waals surface area contributed by atoms with E-state index in [1.165, 1.54) is 37.4 Å². The van der Waals surface area contributed by atoms with Gasteiger partial charge in [0.25, 0.3) is 0 Å². The molecule has 3 rings (SSSR count). The monoisotopic (exact) mass is 284 g/mol. The zero-order chi connectivity index (χ0) is 15.0. The van der Waals surface area contributed by atoms with Crippen LogP contribution in [0, 0.1) is 0 Å². The van der Waals surface area contributed by atoms with Crippen LogP contribution >= 0.6 is 0 Å². The Kier molecular flexibility index (Phi) is 3.02. The van der Waals surface area contributed by atoms with E-state index in [9.17, 15) is 15.0 Å². The number of rotatable bonds is 2. The third-order valence-corrected chi connectivity index (χ3v) is 3.15. The molecule has 0 aliphatic heterocycles. The van der Waals surface area contributed by atoms with E-state index in [4.69, 9.17) is 9.15 Å². The van der Waals surface area contributed by atoms with Crippen LogP contribution < -0.4 is 10.2 Å². The van der Waals surface area contributed by atoms with Crippen molar-refractivity contribution < 1.29 is 19.4 Å². The number of ether oxygens (including phenoxy) is 1. The van der Waals surface area contributed by atoms with E-state index < -0.39 is 0 Å². The number of phenols is 2. The Bertz CT molecular complexity index is 862. The predicted molar refractivity (Wildman–Crippen MR) is 77.8 cm³/mol. The molecule has 0 aliphatic carbocycles. The highest BCUT2D eigenvalue weighted by Gasteiger charge is 2.13. The van der Waals surface area contributed by atoms with Gasteiger partial charge in [0.05, 0.1) is 7.11 Å². The average molecular weight is 284 g/mol. The van der Waals surface area contributed by atoms with Gasteiger partial charge in [0.2, 0.25) is 0 Å². The van der Waals surface area contributed by atoms with Gasteiger partial charge in [-0.2, -0.15) is 0 Å². The molecule has 3 aromatic rings. The second kappa shape index (κ2) is 4.86. The summed E-state index contributed by atoms with van der Waals surface area (Å²) in [5.74, 6) is 0.683. The molecule has 0 aliphatic rings. The molecule has 5 nitrogen and oxygen atoms in total. The molecular weight excluding hydrogens is 272 g/mol. The minimum absolute atomic E-state index is 0.0506. The van der Waals surface area contributed by atoms with Gasteiger partial charge in [0, 0.05) is 23.8 Å². The van der Waals surface area contributed by atoms with E-state index in [0.29, 0.717) is 11.3 Å². The molecule has 0 unspecified atom stereocenters. The van der Waals surface area contributed by atoms with Crippen LogP contribution in [0.5, 0.6) is 17.2 Å². The Morgan fingerprint density at radius 3 is 2.38 bits per heavy atom. The first-order chi connectivity index (χ1) is 10.1. The molecule has 0 saturated carbocycles. The standard InChI is InChI=1S/C16H12O5/c1-20-14-6-11(18)7-15-16(14)12(19)8-13(21-15)9-2-4-10(17)5-3-9/h2-8,17-18H,1H3. The first kappa shape index (κ1) is 13.1. The molecule has 106 valence electrons. The summed E-state index contributed by atoms with van der Waals surface area (Å²) in [6.07, 6.45) is 0. The Labute approximate surface area is 119 Å². The van der Waals surface area contributed by atoms with Gasteiger partial charge in [-0.05, 0) is 24.3 Å². The molecule has 0 spiro atoms. The third kappa shape index (κ3) is 2.29. The fourth-order valence-electron chi connectivity index (χ4n) is 2.17. The van der Waals surface area contributed by atoms with Crippen molar-refractivity contribution in [2.75, 3.05) is 7.11 Å². The lowest BCUT2D eigenvalue weighted by Crippen LogP contribution is -2.02. The van der Waals surface area contributed by atoms with Gasteiger partial charge in [0.15, 0.2) is 5.43 Å². The Balaban J connectivity index is 2.28. The van der Waals surface area contributed by atoms with Crippen LogP contribution in [0.2, 0.25) is 0 Å². The van der Waals surface area contributed by atoms with Gasteiger partial charge >= 0.3 is 0 Å². The number of hydrogen-bond acceptors (Lipinski definition) is 5. The number of phenolic OH excluding ortho intramolecular Hbond substituents is 2. The Morgan fingerprint density at radius 1 is 1.00 bits per heavy atom. The highest BCUT2D eigenvalue weighted by atomic mass is 16.5. The van der Waals surface area contributed by atoms with Crippen molar-refractivity contribution in [3.63, 3.8) is 0 Å². The van der Waals surface area contributed by atoms with Crippen LogP contribution in [0.3, 0.4) is 0 Å². The molecular formula is C16H12O5. The molecule has 0 atom stereocenters. The van der Waals surface area contributed by atoms with E-state index in [2.05, 4.69) is 0 Å². The van der Waals surface area contributed by atoms with Crippen molar-refractivity contribution in [1.82, 2.24) is 0 Å². The normalized spacial score (nSPS) is 10.7. The smallest absolute Gasteiger partial charge is 0.197 e. The van der Waals surface area contributed by atoms with E-state index in [1.54, 1.807) is 12.1 Å². The summed E-state index contributed by atoms with van der Waals surface area (Å²) in [6, 6.07) is 10.4. The number of hydrogen-bond donors (Lipinski definition) is 2. The molecule has 1 heterocycles. The summed E-state index contributed by atoms with van der Waals surface area (Å²) in [5, 5.41) is 19.2. The van der Waals surface area contributed by atoms with Gasteiger partial charge in [-0.15, -0.1) is 0 Å². The molecule has 2 N–H and O–H groups in total. The van der Waals surface area contributed by atoms with Gasteiger partial charge < -0.3 is 19.4 Å². The van der Waals surface area contributed by atoms with Crippen molar-refractivity contribution in [2.24, 2.45) is 0 Å².